The van der Waals surface area contributed by atoms with E-state index in [1.54, 1.807) is 0 Å². The molecule has 5 aromatic heterocycles. The summed E-state index contributed by atoms with van der Waals surface area (Å²) in [6, 6.07) is 81.5. The van der Waals surface area contributed by atoms with Gasteiger partial charge in [-0.15, -0.1) is 0 Å². The van der Waals surface area contributed by atoms with Crippen molar-refractivity contribution in [1.82, 2.24) is 23.3 Å². The molecule has 0 radical (unpaired) electrons. The molecule has 0 unspecified atom stereocenters. The molecule has 5 heterocycles. The average Bonchev–Trinajstić information content (AvgIpc) is 4.09. The molecular formula is C59H37N5. The molecule has 14 aromatic rings. The van der Waals surface area contributed by atoms with Gasteiger partial charge in [-0.3, -0.25) is 4.57 Å². The molecule has 9 aromatic carbocycles. The summed E-state index contributed by atoms with van der Waals surface area (Å²) in [6.07, 6.45) is 0. The van der Waals surface area contributed by atoms with Crippen molar-refractivity contribution >= 4 is 87.2 Å². The lowest BCUT2D eigenvalue weighted by Crippen LogP contribution is -2.04. The first-order valence-electron chi connectivity index (χ1n) is 21.9. The molecule has 0 N–H and O–H groups in total. The molecule has 0 amide bonds. The molecule has 5 nitrogen and oxygen atoms in total. The van der Waals surface area contributed by atoms with Gasteiger partial charge in [-0.25, -0.2) is 4.98 Å². The van der Waals surface area contributed by atoms with E-state index in [1.807, 2.05) is 0 Å². The molecule has 0 aliphatic carbocycles. The van der Waals surface area contributed by atoms with E-state index in [0.29, 0.717) is 0 Å². The Kier molecular flexibility index (Phi) is 7.33. The molecule has 0 aliphatic rings. The van der Waals surface area contributed by atoms with Gasteiger partial charge in [0.15, 0.2) is 0 Å². The second-order valence-corrected chi connectivity index (χ2v) is 16.8. The van der Waals surface area contributed by atoms with Crippen LogP contribution >= 0.6 is 0 Å². The Morgan fingerprint density at radius 3 is 0.781 bits per heavy atom. The van der Waals surface area contributed by atoms with Crippen molar-refractivity contribution in [2.24, 2.45) is 0 Å². The van der Waals surface area contributed by atoms with Crippen LogP contribution in [0.1, 0.15) is 0 Å². The third kappa shape index (κ3) is 4.98. The number of hydrogen-bond acceptors (Lipinski definition) is 1. The van der Waals surface area contributed by atoms with Crippen molar-refractivity contribution < 1.29 is 0 Å². The van der Waals surface area contributed by atoms with Crippen molar-refractivity contribution in [3.05, 3.63) is 224 Å². The summed E-state index contributed by atoms with van der Waals surface area (Å²) in [4.78, 5) is 5.74. The highest BCUT2D eigenvalue weighted by Crippen LogP contribution is 2.40. The lowest BCUT2D eigenvalue weighted by atomic mass is 10.1. The van der Waals surface area contributed by atoms with Gasteiger partial charge in [0.2, 0.25) is 0 Å². The van der Waals surface area contributed by atoms with Gasteiger partial charge in [0.05, 0.1) is 55.5 Å². The smallest absolute Gasteiger partial charge is 0.140 e. The highest BCUT2D eigenvalue weighted by Gasteiger charge is 2.21. The Balaban J connectivity index is 1.13. The first-order chi connectivity index (χ1) is 31.8. The van der Waals surface area contributed by atoms with Crippen molar-refractivity contribution in [3.63, 3.8) is 0 Å². The summed E-state index contributed by atoms with van der Waals surface area (Å²) in [6.45, 7) is 0. The molecule has 0 aliphatic heterocycles. The predicted molar refractivity (Wildman–Crippen MR) is 267 cm³/mol. The van der Waals surface area contributed by atoms with Crippen molar-refractivity contribution in [2.75, 3.05) is 0 Å². The van der Waals surface area contributed by atoms with E-state index in [2.05, 4.69) is 243 Å². The maximum atomic E-state index is 5.74. The maximum Gasteiger partial charge on any atom is 0.140 e. The zero-order valence-corrected chi connectivity index (χ0v) is 34.6. The average molecular weight is 816 g/mol. The number of nitrogens with zero attached hydrogens (tertiary/aromatic N) is 5. The fourth-order valence-electron chi connectivity index (χ4n) is 10.7. The van der Waals surface area contributed by atoms with Crippen molar-refractivity contribution in [2.45, 2.75) is 0 Å². The van der Waals surface area contributed by atoms with E-state index in [4.69, 9.17) is 4.98 Å². The van der Waals surface area contributed by atoms with E-state index in [0.717, 1.165) is 78.3 Å². The molecule has 0 fully saturated rings. The Bertz CT molecular complexity index is 3460. The van der Waals surface area contributed by atoms with E-state index in [9.17, 15) is 0 Å². The molecule has 0 saturated heterocycles. The maximum absolute atomic E-state index is 5.74. The third-order valence-electron chi connectivity index (χ3n) is 13.3. The molecule has 0 saturated carbocycles. The molecule has 14 rings (SSSR count). The summed E-state index contributed by atoms with van der Waals surface area (Å²) in [5.41, 5.74) is 14.2. The Hall–Kier alpha value is -8.67. The van der Waals surface area contributed by atoms with E-state index in [1.165, 1.54) is 43.1 Å². The van der Waals surface area contributed by atoms with Gasteiger partial charge in [0.1, 0.15) is 5.82 Å². The van der Waals surface area contributed by atoms with Crippen LogP contribution in [0.15, 0.2) is 224 Å². The Labute approximate surface area is 367 Å². The van der Waals surface area contributed by atoms with Gasteiger partial charge >= 0.3 is 0 Å². The number of pyridine rings is 1. The molecule has 64 heavy (non-hydrogen) atoms. The van der Waals surface area contributed by atoms with E-state index < -0.39 is 0 Å². The van der Waals surface area contributed by atoms with Crippen LogP contribution in [0.25, 0.3) is 121 Å². The van der Waals surface area contributed by atoms with Crippen LogP contribution in [0, 0.1) is 0 Å². The van der Waals surface area contributed by atoms with Crippen LogP contribution in [0.3, 0.4) is 0 Å². The van der Waals surface area contributed by atoms with Gasteiger partial charge in [0, 0.05) is 66.1 Å². The number of hydrogen-bond donors (Lipinski definition) is 0. The topological polar surface area (TPSA) is 32.6 Å². The molecular weight excluding hydrogens is 779 g/mol. The number of aromatic nitrogens is 5. The van der Waals surface area contributed by atoms with Crippen LogP contribution in [0.4, 0.5) is 0 Å². The van der Waals surface area contributed by atoms with Crippen molar-refractivity contribution in [3.8, 4) is 34.1 Å². The quantitative estimate of drug-likeness (QED) is 0.170. The fraction of sp³-hybridized carbons (Fsp3) is 0. The Morgan fingerprint density at radius 1 is 0.234 bits per heavy atom. The summed E-state index contributed by atoms with van der Waals surface area (Å²) in [5.74, 6) is 0.854. The molecule has 0 atom stereocenters. The lowest BCUT2D eigenvalue weighted by Gasteiger charge is -2.18. The number of benzene rings is 9. The standard InChI is InChI=1S/C59H37N5/c1-9-25-51-42(17-1)43-18-2-10-26-52(43)61(51)39-33-38(34-40(35-39)62-53-27-11-3-19-44(53)45-20-4-12-28-54(45)62)50-36-41(63-55-29-13-5-21-46(55)47-22-6-14-30-56(47)63)37-59(60-50)64-57-31-15-7-23-48(57)49-24-8-16-32-58(49)64/h1-37H. The first kappa shape index (κ1) is 35.0. The van der Waals surface area contributed by atoms with Crippen LogP contribution in [0.5, 0.6) is 0 Å². The number of para-hydroxylation sites is 8. The summed E-state index contributed by atoms with van der Waals surface area (Å²) < 4.78 is 9.61. The summed E-state index contributed by atoms with van der Waals surface area (Å²) in [5, 5.41) is 9.73. The lowest BCUT2D eigenvalue weighted by molar-refractivity contribution is 1.06. The van der Waals surface area contributed by atoms with Gasteiger partial charge in [0.25, 0.3) is 0 Å². The second kappa shape index (κ2) is 13.4. The monoisotopic (exact) mass is 815 g/mol. The largest absolute Gasteiger partial charge is 0.309 e. The van der Waals surface area contributed by atoms with Crippen molar-refractivity contribution in [1.29, 1.82) is 0 Å². The minimum absolute atomic E-state index is 0.854. The summed E-state index contributed by atoms with van der Waals surface area (Å²) >= 11 is 0. The first-order valence-corrected chi connectivity index (χ1v) is 21.9. The highest BCUT2D eigenvalue weighted by molar-refractivity contribution is 6.12. The van der Waals surface area contributed by atoms with Gasteiger partial charge < -0.3 is 13.7 Å². The second-order valence-electron chi connectivity index (χ2n) is 16.8. The van der Waals surface area contributed by atoms with E-state index >= 15 is 0 Å². The zero-order chi connectivity index (χ0) is 41.9. The predicted octanol–water partition coefficient (Wildman–Crippen LogP) is 15.1. The highest BCUT2D eigenvalue weighted by atomic mass is 15.1. The number of rotatable bonds is 5. The van der Waals surface area contributed by atoms with Crippen LogP contribution < -0.4 is 0 Å². The third-order valence-corrected chi connectivity index (χ3v) is 13.3. The number of fused-ring (bicyclic) bond motifs is 12. The summed E-state index contributed by atoms with van der Waals surface area (Å²) in [7, 11) is 0. The molecule has 5 heteroatoms. The Morgan fingerprint density at radius 2 is 0.484 bits per heavy atom. The normalized spacial score (nSPS) is 12.1. The fourth-order valence-corrected chi connectivity index (χ4v) is 10.7. The van der Waals surface area contributed by atoms with Crippen LogP contribution in [-0.2, 0) is 0 Å². The van der Waals surface area contributed by atoms with Crippen LogP contribution in [-0.4, -0.2) is 23.3 Å². The minimum Gasteiger partial charge on any atom is -0.309 e. The molecule has 0 bridgehead atoms. The zero-order valence-electron chi connectivity index (χ0n) is 34.6. The molecule has 298 valence electrons. The molecule has 0 spiro atoms. The van der Waals surface area contributed by atoms with E-state index in [-0.39, 0.29) is 0 Å². The van der Waals surface area contributed by atoms with Crippen LogP contribution in [0.2, 0.25) is 0 Å². The van der Waals surface area contributed by atoms with Gasteiger partial charge in [-0.2, -0.15) is 0 Å². The SMILES string of the molecule is c1ccc2c(c1)c1ccccc1n2-c1cc(-c2cc(-n3c4ccccc4c4ccccc43)cc(-n3c4ccccc4c4ccccc43)n2)cc(-n2c3ccccc3c3ccccc32)c1. The van der Waals surface area contributed by atoms with Gasteiger partial charge in [-0.1, -0.05) is 146 Å². The minimum atomic E-state index is 0.854. The van der Waals surface area contributed by atoms with Gasteiger partial charge in [-0.05, 0) is 72.8 Å².